The Bertz CT molecular complexity index is 590. The predicted octanol–water partition coefficient (Wildman–Crippen LogP) is 4.25. The van der Waals surface area contributed by atoms with Crippen LogP contribution in [-0.2, 0) is 11.3 Å². The number of hydrogen-bond donors (Lipinski definition) is 2. The summed E-state index contributed by atoms with van der Waals surface area (Å²) < 4.78 is 5.29. The van der Waals surface area contributed by atoms with Crippen molar-refractivity contribution < 1.29 is 19.4 Å². The molecule has 0 saturated heterocycles. The molecule has 0 atom stereocenters. The Morgan fingerprint density at radius 3 is 2.31 bits per heavy atom. The van der Waals surface area contributed by atoms with E-state index < -0.39 is 11.7 Å². The zero-order chi connectivity index (χ0) is 19.2. The van der Waals surface area contributed by atoms with Gasteiger partial charge in [-0.15, -0.1) is 0 Å². The molecule has 0 bridgehead atoms. The molecule has 1 aromatic carbocycles. The second kappa shape index (κ2) is 8.92. The SMILES string of the molecule is CC(C)(C)OC(=O)NC1CCC(CN(Cc2ccccc2)C(=O)O)CC1. The minimum Gasteiger partial charge on any atom is -0.465 e. The molecule has 2 N–H and O–H groups in total. The smallest absolute Gasteiger partial charge is 0.407 e. The van der Waals surface area contributed by atoms with Crippen molar-refractivity contribution in [1.82, 2.24) is 10.2 Å². The third-order valence-corrected chi connectivity index (χ3v) is 4.53. The van der Waals surface area contributed by atoms with Gasteiger partial charge < -0.3 is 20.1 Å². The molecule has 0 radical (unpaired) electrons. The summed E-state index contributed by atoms with van der Waals surface area (Å²) in [4.78, 5) is 24.9. The molecule has 1 aliphatic rings. The van der Waals surface area contributed by atoms with Gasteiger partial charge in [-0.2, -0.15) is 0 Å². The van der Waals surface area contributed by atoms with Crippen LogP contribution < -0.4 is 5.32 Å². The number of hydrogen-bond acceptors (Lipinski definition) is 3. The molecule has 6 nitrogen and oxygen atoms in total. The van der Waals surface area contributed by atoms with Crippen molar-refractivity contribution in [2.75, 3.05) is 6.54 Å². The second-order valence-corrected chi connectivity index (χ2v) is 8.01. The maximum absolute atomic E-state index is 11.9. The normalized spacial score (nSPS) is 20.3. The number of rotatable bonds is 5. The number of benzene rings is 1. The predicted molar refractivity (Wildman–Crippen MR) is 100.0 cm³/mol. The third-order valence-electron chi connectivity index (χ3n) is 4.53. The van der Waals surface area contributed by atoms with Crippen LogP contribution in [0.2, 0.25) is 0 Å². The van der Waals surface area contributed by atoms with Gasteiger partial charge in [-0.05, 0) is 57.9 Å². The topological polar surface area (TPSA) is 78.9 Å². The van der Waals surface area contributed by atoms with Crippen molar-refractivity contribution in [3.63, 3.8) is 0 Å². The van der Waals surface area contributed by atoms with Gasteiger partial charge in [0.2, 0.25) is 0 Å². The fourth-order valence-corrected chi connectivity index (χ4v) is 3.29. The van der Waals surface area contributed by atoms with Crippen molar-refractivity contribution in [2.24, 2.45) is 5.92 Å². The molecule has 2 rings (SSSR count). The van der Waals surface area contributed by atoms with Crippen molar-refractivity contribution in [2.45, 2.75) is 64.6 Å². The van der Waals surface area contributed by atoms with Crippen molar-refractivity contribution in [3.8, 4) is 0 Å². The molecule has 1 aromatic rings. The Balaban J connectivity index is 1.79. The lowest BCUT2D eigenvalue weighted by molar-refractivity contribution is 0.0484. The van der Waals surface area contributed by atoms with Gasteiger partial charge in [0, 0.05) is 19.1 Å². The monoisotopic (exact) mass is 362 g/mol. The van der Waals surface area contributed by atoms with Crippen LogP contribution in [0.1, 0.15) is 52.0 Å². The van der Waals surface area contributed by atoms with E-state index in [4.69, 9.17) is 4.74 Å². The number of carbonyl (C=O) groups is 2. The summed E-state index contributed by atoms with van der Waals surface area (Å²) in [5.74, 6) is 0.325. The Morgan fingerprint density at radius 2 is 1.77 bits per heavy atom. The fourth-order valence-electron chi connectivity index (χ4n) is 3.29. The first-order valence-corrected chi connectivity index (χ1v) is 9.24. The molecule has 0 spiro atoms. The van der Waals surface area contributed by atoms with E-state index in [1.54, 1.807) is 0 Å². The van der Waals surface area contributed by atoms with E-state index in [1.807, 2.05) is 51.1 Å². The van der Waals surface area contributed by atoms with Crippen LogP contribution in [0.5, 0.6) is 0 Å². The van der Waals surface area contributed by atoms with E-state index in [-0.39, 0.29) is 12.1 Å². The van der Waals surface area contributed by atoms with Gasteiger partial charge in [0.05, 0.1) is 0 Å². The number of carboxylic acid groups (broad SMARTS) is 1. The average molecular weight is 362 g/mol. The fraction of sp³-hybridized carbons (Fsp3) is 0.600. The van der Waals surface area contributed by atoms with Gasteiger partial charge in [-0.25, -0.2) is 9.59 Å². The minimum absolute atomic E-state index is 0.105. The van der Waals surface area contributed by atoms with E-state index in [0.29, 0.717) is 19.0 Å². The summed E-state index contributed by atoms with van der Waals surface area (Å²) in [6.45, 7) is 6.47. The molecule has 0 aromatic heterocycles. The first-order valence-electron chi connectivity index (χ1n) is 9.24. The van der Waals surface area contributed by atoms with E-state index >= 15 is 0 Å². The minimum atomic E-state index is -0.886. The van der Waals surface area contributed by atoms with Crippen LogP contribution in [0.4, 0.5) is 9.59 Å². The number of amides is 2. The van der Waals surface area contributed by atoms with Gasteiger partial charge >= 0.3 is 12.2 Å². The highest BCUT2D eigenvalue weighted by Crippen LogP contribution is 2.26. The summed E-state index contributed by atoms with van der Waals surface area (Å²) in [5.41, 5.74) is 0.496. The van der Waals surface area contributed by atoms with Crippen LogP contribution in [0, 0.1) is 5.92 Å². The maximum Gasteiger partial charge on any atom is 0.407 e. The molecule has 2 amide bonds. The van der Waals surface area contributed by atoms with Gasteiger partial charge in [0.15, 0.2) is 0 Å². The average Bonchev–Trinajstić information content (AvgIpc) is 2.55. The molecule has 0 unspecified atom stereocenters. The highest BCUT2D eigenvalue weighted by molar-refractivity contribution is 5.68. The van der Waals surface area contributed by atoms with Crippen molar-refractivity contribution in [1.29, 1.82) is 0 Å². The standard InChI is InChI=1S/C20H30N2O4/c1-20(2,3)26-18(23)21-17-11-9-16(10-12-17)14-22(19(24)25)13-15-7-5-4-6-8-15/h4-8,16-17H,9-14H2,1-3H3,(H,21,23)(H,24,25). The number of ether oxygens (including phenoxy) is 1. The quantitative estimate of drug-likeness (QED) is 0.821. The van der Waals surface area contributed by atoms with Crippen LogP contribution >= 0.6 is 0 Å². The number of nitrogens with one attached hydrogen (secondary N) is 1. The van der Waals surface area contributed by atoms with Crippen molar-refractivity contribution in [3.05, 3.63) is 35.9 Å². The van der Waals surface area contributed by atoms with E-state index in [2.05, 4.69) is 5.32 Å². The molecule has 0 heterocycles. The van der Waals surface area contributed by atoms with E-state index in [1.165, 1.54) is 4.90 Å². The number of nitrogens with zero attached hydrogens (tertiary/aromatic N) is 1. The van der Waals surface area contributed by atoms with Crippen LogP contribution in [-0.4, -0.2) is 40.4 Å². The summed E-state index contributed by atoms with van der Waals surface area (Å²) in [6, 6.07) is 9.75. The lowest BCUT2D eigenvalue weighted by atomic mass is 9.85. The molecular weight excluding hydrogens is 332 g/mol. The molecule has 0 aliphatic heterocycles. The Hall–Kier alpha value is -2.24. The Kier molecular flexibility index (Phi) is 6.89. The zero-order valence-electron chi connectivity index (χ0n) is 15.9. The summed E-state index contributed by atoms with van der Waals surface area (Å²) >= 11 is 0. The summed E-state index contributed by atoms with van der Waals surface area (Å²) in [5, 5.41) is 12.4. The highest BCUT2D eigenvalue weighted by Gasteiger charge is 2.27. The Labute approximate surface area is 155 Å². The molecule has 26 heavy (non-hydrogen) atoms. The molecule has 1 fully saturated rings. The van der Waals surface area contributed by atoms with Crippen LogP contribution in [0.25, 0.3) is 0 Å². The largest absolute Gasteiger partial charge is 0.465 e. The Morgan fingerprint density at radius 1 is 1.15 bits per heavy atom. The lowest BCUT2D eigenvalue weighted by Gasteiger charge is -2.32. The molecule has 6 heteroatoms. The summed E-state index contributed by atoms with van der Waals surface area (Å²) in [7, 11) is 0. The molecular formula is C20H30N2O4. The first-order chi connectivity index (χ1) is 12.2. The van der Waals surface area contributed by atoms with Crippen LogP contribution in [0.3, 0.4) is 0 Å². The van der Waals surface area contributed by atoms with E-state index in [9.17, 15) is 14.7 Å². The van der Waals surface area contributed by atoms with Gasteiger partial charge in [-0.1, -0.05) is 30.3 Å². The van der Waals surface area contributed by atoms with E-state index in [0.717, 1.165) is 31.2 Å². The molecule has 1 aliphatic carbocycles. The van der Waals surface area contributed by atoms with Gasteiger partial charge in [-0.3, -0.25) is 0 Å². The molecule has 144 valence electrons. The highest BCUT2D eigenvalue weighted by atomic mass is 16.6. The second-order valence-electron chi connectivity index (χ2n) is 8.01. The third kappa shape index (κ3) is 6.94. The zero-order valence-corrected chi connectivity index (χ0v) is 15.9. The van der Waals surface area contributed by atoms with Gasteiger partial charge in [0.1, 0.15) is 5.60 Å². The number of alkyl carbamates (subject to hydrolysis) is 1. The number of carbonyl (C=O) groups excluding carboxylic acids is 1. The van der Waals surface area contributed by atoms with Crippen molar-refractivity contribution >= 4 is 12.2 Å². The maximum atomic E-state index is 11.9. The lowest BCUT2D eigenvalue weighted by Crippen LogP contribution is -2.42. The first kappa shape index (κ1) is 20.1. The van der Waals surface area contributed by atoms with Crippen LogP contribution in [0.15, 0.2) is 30.3 Å². The molecule has 1 saturated carbocycles. The summed E-state index contributed by atoms with van der Waals surface area (Å²) in [6.07, 6.45) is 2.24. The van der Waals surface area contributed by atoms with Gasteiger partial charge in [0.25, 0.3) is 0 Å².